The van der Waals surface area contributed by atoms with Gasteiger partial charge in [-0.25, -0.2) is 4.90 Å². The molecule has 0 aliphatic carbocycles. The lowest BCUT2D eigenvalue weighted by molar-refractivity contribution is -0.112. The van der Waals surface area contributed by atoms with Gasteiger partial charge in [-0.15, -0.1) is 0 Å². The Kier molecular flexibility index (Phi) is 5.29. The van der Waals surface area contributed by atoms with Crippen LogP contribution in [0.2, 0.25) is 0 Å². The van der Waals surface area contributed by atoms with E-state index in [1.54, 1.807) is 6.07 Å². The van der Waals surface area contributed by atoms with E-state index < -0.39 is 0 Å². The molecular weight excluding hydrogens is 420 g/mol. The molecule has 0 spiro atoms. The number of hydrogen-bond acceptors (Lipinski definition) is 2. The second kappa shape index (κ2) is 8.31. The summed E-state index contributed by atoms with van der Waals surface area (Å²) in [7, 11) is 0. The molecule has 34 heavy (non-hydrogen) atoms. The normalized spacial score (nSPS) is 14.6. The third-order valence-electron chi connectivity index (χ3n) is 6.50. The van der Waals surface area contributed by atoms with Crippen molar-refractivity contribution in [1.82, 2.24) is 4.57 Å². The number of benzene rings is 3. The number of amides is 2. The van der Waals surface area contributed by atoms with Crippen LogP contribution >= 0.6 is 0 Å². The first-order chi connectivity index (χ1) is 16.4. The van der Waals surface area contributed by atoms with Crippen LogP contribution in [0.25, 0.3) is 17.3 Å². The minimum absolute atomic E-state index is 0.299. The van der Waals surface area contributed by atoms with Crippen molar-refractivity contribution < 1.29 is 9.59 Å². The van der Waals surface area contributed by atoms with Gasteiger partial charge < -0.3 is 4.57 Å². The molecular formula is C30H26N2O2. The third-order valence-corrected chi connectivity index (χ3v) is 6.50. The molecule has 0 radical (unpaired) electrons. The van der Waals surface area contributed by atoms with Crippen molar-refractivity contribution in [3.05, 3.63) is 118 Å². The molecule has 5 rings (SSSR count). The second-order valence-corrected chi connectivity index (χ2v) is 8.83. The highest BCUT2D eigenvalue weighted by Gasteiger charge is 2.35. The minimum Gasteiger partial charge on any atom is -0.318 e. The summed E-state index contributed by atoms with van der Waals surface area (Å²) in [5.41, 5.74) is 8.74. The van der Waals surface area contributed by atoms with Gasteiger partial charge in [0.05, 0.1) is 5.69 Å². The van der Waals surface area contributed by atoms with Gasteiger partial charge in [-0.05, 0) is 80.8 Å². The van der Waals surface area contributed by atoms with Crippen LogP contribution in [0.5, 0.6) is 0 Å². The topological polar surface area (TPSA) is 42.3 Å². The fraction of sp³-hybridized carbons (Fsp3) is 0.133. The Morgan fingerprint density at radius 1 is 0.706 bits per heavy atom. The Balaban J connectivity index is 1.68. The lowest BCUT2D eigenvalue weighted by Crippen LogP contribution is -2.41. The molecule has 3 aromatic carbocycles. The largest absolute Gasteiger partial charge is 0.318 e. The summed E-state index contributed by atoms with van der Waals surface area (Å²) >= 11 is 0. The molecule has 0 fully saturated rings. The molecule has 0 unspecified atom stereocenters. The zero-order chi connectivity index (χ0) is 24.0. The van der Waals surface area contributed by atoms with Gasteiger partial charge >= 0.3 is 0 Å². The molecule has 4 heteroatoms. The molecule has 4 aromatic rings. The maximum Gasteiger partial charge on any atom is 0.265 e. The smallest absolute Gasteiger partial charge is 0.265 e. The summed E-state index contributed by atoms with van der Waals surface area (Å²) < 4.78 is 2.21. The number of carbonyl (C=O) groups is 2. The molecule has 0 atom stereocenters. The fourth-order valence-corrected chi connectivity index (χ4v) is 4.69. The van der Waals surface area contributed by atoms with E-state index in [1.165, 1.54) is 10.5 Å². The summed E-state index contributed by atoms with van der Waals surface area (Å²) in [4.78, 5) is 28.4. The van der Waals surface area contributed by atoms with E-state index in [-0.39, 0.29) is 11.8 Å². The van der Waals surface area contributed by atoms with Gasteiger partial charge in [0, 0.05) is 28.2 Å². The molecule has 2 heterocycles. The lowest BCUT2D eigenvalue weighted by Gasteiger charge is -2.28. The van der Waals surface area contributed by atoms with Crippen LogP contribution in [-0.4, -0.2) is 16.4 Å². The summed E-state index contributed by atoms with van der Waals surface area (Å²) in [5.74, 6) is -0.611. The van der Waals surface area contributed by atoms with E-state index in [0.717, 1.165) is 28.2 Å². The fourth-order valence-electron chi connectivity index (χ4n) is 4.69. The number of hydrogen-bond donors (Lipinski definition) is 0. The van der Waals surface area contributed by atoms with Crippen molar-refractivity contribution in [2.24, 2.45) is 0 Å². The highest BCUT2D eigenvalue weighted by molar-refractivity contribution is 6.43. The maximum absolute atomic E-state index is 13.7. The predicted molar refractivity (Wildman–Crippen MR) is 137 cm³/mol. The number of nitrogens with zero attached hydrogens (tertiary/aromatic N) is 2. The van der Waals surface area contributed by atoms with Crippen LogP contribution in [0, 0.1) is 27.7 Å². The lowest BCUT2D eigenvalue weighted by atomic mass is 9.91. The van der Waals surface area contributed by atoms with Crippen LogP contribution < -0.4 is 4.90 Å². The molecule has 4 nitrogen and oxygen atoms in total. The van der Waals surface area contributed by atoms with Gasteiger partial charge in [0.25, 0.3) is 11.8 Å². The van der Waals surface area contributed by atoms with Crippen LogP contribution in [0.1, 0.15) is 44.0 Å². The van der Waals surface area contributed by atoms with Gasteiger partial charge in [-0.2, -0.15) is 0 Å². The van der Waals surface area contributed by atoms with Crippen molar-refractivity contribution in [2.75, 3.05) is 4.90 Å². The summed E-state index contributed by atoms with van der Waals surface area (Å²) in [6.07, 6.45) is 1.92. The Labute approximate surface area is 199 Å². The van der Waals surface area contributed by atoms with Crippen molar-refractivity contribution in [3.8, 4) is 5.69 Å². The maximum atomic E-state index is 13.7. The molecule has 0 N–H and O–H groups in total. The molecule has 168 valence electrons. The summed E-state index contributed by atoms with van der Waals surface area (Å²) in [5, 5.41) is 0. The number of imide groups is 1. The van der Waals surface area contributed by atoms with Gasteiger partial charge in [0.1, 0.15) is 0 Å². The molecule has 1 aromatic heterocycles. The predicted octanol–water partition coefficient (Wildman–Crippen LogP) is 6.44. The standard InChI is InChI=1S/C30H26N2O2/c1-19-13-15-24(16-14-19)32-29(33)26-11-7-6-10-25(26)27(30(32)34)18-23-17-21(3)31(22(23)4)28-12-8-5-9-20(28)2/h5-18H,1-4H3/b27-18+. The average molecular weight is 447 g/mol. The van der Waals surface area contributed by atoms with E-state index >= 15 is 0 Å². The molecule has 1 aliphatic rings. The number of aryl methyl sites for hydroxylation is 3. The molecule has 1 aliphatic heterocycles. The van der Waals surface area contributed by atoms with Crippen LogP contribution in [-0.2, 0) is 4.79 Å². The van der Waals surface area contributed by atoms with Gasteiger partial charge in [0.2, 0.25) is 0 Å². The van der Waals surface area contributed by atoms with E-state index in [2.05, 4.69) is 43.5 Å². The zero-order valence-electron chi connectivity index (χ0n) is 19.8. The number of fused-ring (bicyclic) bond motifs is 1. The van der Waals surface area contributed by atoms with E-state index in [1.807, 2.05) is 67.6 Å². The molecule has 2 amide bonds. The van der Waals surface area contributed by atoms with Crippen molar-refractivity contribution in [3.63, 3.8) is 0 Å². The number of carbonyl (C=O) groups excluding carboxylic acids is 2. The van der Waals surface area contributed by atoms with E-state index in [4.69, 9.17) is 0 Å². The Morgan fingerprint density at radius 2 is 1.35 bits per heavy atom. The Hall–Kier alpha value is -4.18. The van der Waals surface area contributed by atoms with Crippen molar-refractivity contribution >= 4 is 29.2 Å². The quantitative estimate of drug-likeness (QED) is 0.268. The Morgan fingerprint density at radius 3 is 2.06 bits per heavy atom. The highest BCUT2D eigenvalue weighted by atomic mass is 16.2. The second-order valence-electron chi connectivity index (χ2n) is 8.83. The molecule has 0 saturated heterocycles. The van der Waals surface area contributed by atoms with Crippen LogP contribution in [0.3, 0.4) is 0 Å². The van der Waals surface area contributed by atoms with Gasteiger partial charge in [0.15, 0.2) is 0 Å². The number of rotatable bonds is 3. The van der Waals surface area contributed by atoms with Crippen molar-refractivity contribution in [1.29, 1.82) is 0 Å². The van der Waals surface area contributed by atoms with Crippen LogP contribution in [0.4, 0.5) is 5.69 Å². The number of aromatic nitrogens is 1. The highest BCUT2D eigenvalue weighted by Crippen LogP contribution is 2.35. The summed E-state index contributed by atoms with van der Waals surface area (Å²) in [6, 6.07) is 25.2. The Bertz CT molecular complexity index is 1470. The van der Waals surface area contributed by atoms with Gasteiger partial charge in [-0.3, -0.25) is 9.59 Å². The van der Waals surface area contributed by atoms with Crippen molar-refractivity contribution in [2.45, 2.75) is 27.7 Å². The van der Waals surface area contributed by atoms with E-state index in [0.29, 0.717) is 22.4 Å². The first-order valence-electron chi connectivity index (χ1n) is 11.4. The summed E-state index contributed by atoms with van der Waals surface area (Å²) in [6.45, 7) is 8.21. The van der Waals surface area contributed by atoms with E-state index in [9.17, 15) is 9.59 Å². The first kappa shape index (κ1) is 21.7. The first-order valence-corrected chi connectivity index (χ1v) is 11.4. The SMILES string of the molecule is Cc1ccc(N2C(=O)/C(=C/c3cc(C)n(-c4ccccc4C)c3C)c3ccccc3C2=O)cc1. The minimum atomic E-state index is -0.312. The number of para-hydroxylation sites is 1. The molecule has 0 saturated carbocycles. The zero-order valence-corrected chi connectivity index (χ0v) is 19.8. The third kappa shape index (κ3) is 3.48. The monoisotopic (exact) mass is 446 g/mol. The van der Waals surface area contributed by atoms with Crippen LogP contribution in [0.15, 0.2) is 78.9 Å². The molecule has 0 bridgehead atoms. The van der Waals surface area contributed by atoms with Gasteiger partial charge in [-0.1, -0.05) is 54.1 Å². The number of anilines is 1. The average Bonchev–Trinajstić information content (AvgIpc) is 3.11.